The van der Waals surface area contributed by atoms with Gasteiger partial charge in [-0.2, -0.15) is 0 Å². The molecule has 1 aromatic rings. The Morgan fingerprint density at radius 3 is 2.68 bits per heavy atom. The molecule has 0 radical (unpaired) electrons. The Balaban J connectivity index is 2.21. The average Bonchev–Trinajstić information content (AvgIpc) is 2.55. The lowest BCUT2D eigenvalue weighted by Crippen LogP contribution is -2.29. The van der Waals surface area contributed by atoms with Gasteiger partial charge in [-0.25, -0.2) is 0 Å². The second-order valence-corrected chi connectivity index (χ2v) is 6.15. The summed E-state index contributed by atoms with van der Waals surface area (Å²) >= 11 is 0. The highest BCUT2D eigenvalue weighted by atomic mass is 16.5. The van der Waals surface area contributed by atoms with Crippen molar-refractivity contribution < 1.29 is 14.3 Å². The fraction of sp³-hybridized carbons (Fsp3) is 0.632. The topological polar surface area (TPSA) is 35.5 Å². The van der Waals surface area contributed by atoms with Crippen LogP contribution in [0.3, 0.4) is 0 Å². The van der Waals surface area contributed by atoms with Gasteiger partial charge in [0.2, 0.25) is 0 Å². The maximum Gasteiger partial charge on any atom is 0.305 e. The Kier molecular flexibility index (Phi) is 6.29. The van der Waals surface area contributed by atoms with Gasteiger partial charge in [-0.05, 0) is 38.7 Å². The van der Waals surface area contributed by atoms with E-state index in [2.05, 4.69) is 19.9 Å². The highest BCUT2D eigenvalue weighted by Gasteiger charge is 2.31. The van der Waals surface area contributed by atoms with E-state index in [4.69, 9.17) is 9.47 Å². The maximum absolute atomic E-state index is 11.7. The van der Waals surface area contributed by atoms with E-state index in [1.54, 1.807) is 0 Å². The molecule has 2 rings (SSSR count). The number of rotatable bonds is 6. The molecule has 0 aromatic heterocycles. The van der Waals surface area contributed by atoms with Crippen LogP contribution in [0.1, 0.15) is 70.8 Å². The molecule has 1 aromatic carbocycles. The van der Waals surface area contributed by atoms with Crippen molar-refractivity contribution in [2.24, 2.45) is 0 Å². The molecule has 3 atom stereocenters. The van der Waals surface area contributed by atoms with Crippen LogP contribution in [0, 0.1) is 0 Å². The maximum atomic E-state index is 11.7. The van der Waals surface area contributed by atoms with Gasteiger partial charge in [0, 0.05) is 17.9 Å². The van der Waals surface area contributed by atoms with Crippen LogP contribution in [0.4, 0.5) is 0 Å². The quantitative estimate of drug-likeness (QED) is 0.705. The summed E-state index contributed by atoms with van der Waals surface area (Å²) in [5.74, 6) is 1.10. The van der Waals surface area contributed by atoms with E-state index in [0.29, 0.717) is 6.42 Å². The SMILES string of the molecule is CCC(=O)OC1CCCCC1c1ccccc1OC(C)CC. The molecule has 0 spiro atoms. The average molecular weight is 304 g/mol. The molecule has 1 aliphatic carbocycles. The smallest absolute Gasteiger partial charge is 0.305 e. The number of carbonyl (C=O) groups excluding carboxylic acids is 1. The predicted molar refractivity (Wildman–Crippen MR) is 88.2 cm³/mol. The van der Waals surface area contributed by atoms with Crippen LogP contribution in [-0.4, -0.2) is 18.2 Å². The van der Waals surface area contributed by atoms with E-state index in [0.717, 1.165) is 31.4 Å². The van der Waals surface area contributed by atoms with Gasteiger partial charge in [0.15, 0.2) is 0 Å². The Bertz CT molecular complexity index is 483. The van der Waals surface area contributed by atoms with Gasteiger partial charge in [0.1, 0.15) is 11.9 Å². The molecule has 3 heteroatoms. The van der Waals surface area contributed by atoms with Crippen molar-refractivity contribution in [2.45, 2.75) is 77.4 Å². The zero-order valence-corrected chi connectivity index (χ0v) is 14.0. The number of benzene rings is 1. The van der Waals surface area contributed by atoms with Gasteiger partial charge in [-0.3, -0.25) is 4.79 Å². The molecule has 0 bridgehead atoms. The van der Waals surface area contributed by atoms with Crippen molar-refractivity contribution in [1.82, 2.24) is 0 Å². The first-order valence-electron chi connectivity index (χ1n) is 8.60. The minimum absolute atomic E-state index is 0.0112. The van der Waals surface area contributed by atoms with Gasteiger partial charge >= 0.3 is 5.97 Å². The number of hydrogen-bond donors (Lipinski definition) is 0. The molecule has 0 amide bonds. The van der Waals surface area contributed by atoms with Crippen LogP contribution in [0.5, 0.6) is 5.75 Å². The summed E-state index contributed by atoms with van der Waals surface area (Å²) < 4.78 is 11.8. The molecule has 0 N–H and O–H groups in total. The first-order valence-corrected chi connectivity index (χ1v) is 8.60. The number of hydrogen-bond acceptors (Lipinski definition) is 3. The summed E-state index contributed by atoms with van der Waals surface area (Å²) in [6.07, 6.45) is 5.93. The fourth-order valence-electron chi connectivity index (χ4n) is 3.04. The minimum Gasteiger partial charge on any atom is -0.490 e. The number of esters is 1. The monoisotopic (exact) mass is 304 g/mol. The summed E-state index contributed by atoms with van der Waals surface area (Å²) in [5.41, 5.74) is 1.19. The fourth-order valence-corrected chi connectivity index (χ4v) is 3.04. The Hall–Kier alpha value is -1.51. The third kappa shape index (κ3) is 4.25. The van der Waals surface area contributed by atoms with Gasteiger partial charge < -0.3 is 9.47 Å². The lowest BCUT2D eigenvalue weighted by atomic mass is 9.81. The lowest BCUT2D eigenvalue weighted by molar-refractivity contribution is -0.151. The molecule has 1 fully saturated rings. The van der Waals surface area contributed by atoms with Gasteiger partial charge in [0.25, 0.3) is 0 Å². The molecule has 0 aliphatic heterocycles. The molecule has 22 heavy (non-hydrogen) atoms. The zero-order chi connectivity index (χ0) is 15.9. The molecule has 0 saturated heterocycles. The Morgan fingerprint density at radius 1 is 1.23 bits per heavy atom. The zero-order valence-electron chi connectivity index (χ0n) is 14.0. The lowest BCUT2D eigenvalue weighted by Gasteiger charge is -2.32. The van der Waals surface area contributed by atoms with Crippen molar-refractivity contribution in [1.29, 1.82) is 0 Å². The van der Waals surface area contributed by atoms with Crippen molar-refractivity contribution in [3.05, 3.63) is 29.8 Å². The minimum atomic E-state index is -0.0998. The van der Waals surface area contributed by atoms with Crippen molar-refractivity contribution in [3.63, 3.8) is 0 Å². The van der Waals surface area contributed by atoms with Crippen molar-refractivity contribution in [3.8, 4) is 5.75 Å². The molecule has 1 aliphatic rings. The summed E-state index contributed by atoms with van der Waals surface area (Å²) in [5, 5.41) is 0. The van der Waals surface area contributed by atoms with Gasteiger partial charge in [-0.1, -0.05) is 38.5 Å². The molecule has 3 unspecified atom stereocenters. The van der Waals surface area contributed by atoms with E-state index in [-0.39, 0.29) is 24.1 Å². The molecular formula is C19H28O3. The largest absolute Gasteiger partial charge is 0.490 e. The Labute approximate surface area is 134 Å². The standard InChI is InChI=1S/C19H28O3/c1-4-14(3)21-17-12-8-6-10-15(17)16-11-7-9-13-18(16)22-19(20)5-2/h6,8,10,12,14,16,18H,4-5,7,9,11,13H2,1-3H3. The van der Waals surface area contributed by atoms with Crippen LogP contribution in [-0.2, 0) is 9.53 Å². The molecule has 0 heterocycles. The second-order valence-electron chi connectivity index (χ2n) is 6.15. The van der Waals surface area contributed by atoms with Crippen LogP contribution in [0.2, 0.25) is 0 Å². The van der Waals surface area contributed by atoms with Crippen LogP contribution in [0.25, 0.3) is 0 Å². The van der Waals surface area contributed by atoms with E-state index in [1.807, 2.05) is 25.1 Å². The number of para-hydroxylation sites is 1. The number of ether oxygens (including phenoxy) is 2. The first kappa shape index (κ1) is 16.9. The van der Waals surface area contributed by atoms with E-state index < -0.39 is 0 Å². The van der Waals surface area contributed by atoms with Gasteiger partial charge in [0.05, 0.1) is 6.10 Å². The van der Waals surface area contributed by atoms with Crippen LogP contribution >= 0.6 is 0 Å². The van der Waals surface area contributed by atoms with Crippen LogP contribution in [0.15, 0.2) is 24.3 Å². The van der Waals surface area contributed by atoms with E-state index in [1.165, 1.54) is 12.0 Å². The summed E-state index contributed by atoms with van der Waals surface area (Å²) in [7, 11) is 0. The molecule has 122 valence electrons. The van der Waals surface area contributed by atoms with Crippen molar-refractivity contribution in [2.75, 3.05) is 0 Å². The number of carbonyl (C=O) groups is 1. The van der Waals surface area contributed by atoms with Crippen molar-refractivity contribution >= 4 is 5.97 Å². The molecule has 1 saturated carbocycles. The van der Waals surface area contributed by atoms with E-state index >= 15 is 0 Å². The molecular weight excluding hydrogens is 276 g/mol. The summed E-state index contributed by atoms with van der Waals surface area (Å²) in [6.45, 7) is 6.06. The summed E-state index contributed by atoms with van der Waals surface area (Å²) in [4.78, 5) is 11.7. The normalized spacial score (nSPS) is 22.9. The second kappa shape index (κ2) is 8.21. The predicted octanol–water partition coefficient (Wildman–Crippen LogP) is 4.84. The summed E-state index contributed by atoms with van der Waals surface area (Å²) in [6, 6.07) is 8.22. The van der Waals surface area contributed by atoms with Gasteiger partial charge in [-0.15, -0.1) is 0 Å². The molecule has 3 nitrogen and oxygen atoms in total. The van der Waals surface area contributed by atoms with E-state index in [9.17, 15) is 4.79 Å². The first-order chi connectivity index (χ1) is 10.7. The highest BCUT2D eigenvalue weighted by molar-refractivity contribution is 5.69. The highest BCUT2D eigenvalue weighted by Crippen LogP contribution is 2.39. The Morgan fingerprint density at radius 2 is 1.95 bits per heavy atom. The van der Waals surface area contributed by atoms with Crippen LogP contribution < -0.4 is 4.74 Å². The third-order valence-electron chi connectivity index (χ3n) is 4.50. The third-order valence-corrected chi connectivity index (χ3v) is 4.50.